The molecule has 1 rings (SSSR count). The Bertz CT molecular complexity index is 161. The van der Waals surface area contributed by atoms with E-state index in [9.17, 15) is 0 Å². The first kappa shape index (κ1) is 9.89. The maximum Gasteiger partial charge on any atom is 0.122 e. The molecule has 0 unspecified atom stereocenters. The summed E-state index contributed by atoms with van der Waals surface area (Å²) in [7, 11) is 0. The Morgan fingerprint density at radius 2 is 2.17 bits per heavy atom. The van der Waals surface area contributed by atoms with Crippen molar-refractivity contribution in [1.29, 1.82) is 0 Å². The zero-order chi connectivity index (χ0) is 9.03. The lowest BCUT2D eigenvalue weighted by Gasteiger charge is -2.35. The minimum absolute atomic E-state index is 0.387. The SMILES string of the molecule is CCOC1(C(N)=S)CCOCC1. The van der Waals surface area contributed by atoms with Gasteiger partial charge in [0.2, 0.25) is 0 Å². The van der Waals surface area contributed by atoms with Crippen molar-refractivity contribution in [3.8, 4) is 0 Å². The van der Waals surface area contributed by atoms with Gasteiger partial charge in [-0.25, -0.2) is 0 Å². The summed E-state index contributed by atoms with van der Waals surface area (Å²) >= 11 is 4.99. The first-order chi connectivity index (χ1) is 5.71. The summed E-state index contributed by atoms with van der Waals surface area (Å²) in [4.78, 5) is 0.465. The van der Waals surface area contributed by atoms with Gasteiger partial charge in [0.15, 0.2) is 0 Å². The van der Waals surface area contributed by atoms with Crippen LogP contribution >= 0.6 is 12.2 Å². The van der Waals surface area contributed by atoms with Crippen molar-refractivity contribution in [1.82, 2.24) is 0 Å². The summed E-state index contributed by atoms with van der Waals surface area (Å²) < 4.78 is 10.8. The molecule has 1 aliphatic rings. The zero-order valence-electron chi connectivity index (χ0n) is 7.34. The van der Waals surface area contributed by atoms with E-state index in [1.807, 2.05) is 6.92 Å². The molecule has 0 radical (unpaired) electrons. The number of thiocarbonyl (C=S) groups is 1. The number of rotatable bonds is 3. The van der Waals surface area contributed by atoms with E-state index in [1.165, 1.54) is 0 Å². The molecule has 2 N–H and O–H groups in total. The molecule has 0 atom stereocenters. The van der Waals surface area contributed by atoms with Crippen molar-refractivity contribution in [3.63, 3.8) is 0 Å². The van der Waals surface area contributed by atoms with E-state index < -0.39 is 0 Å². The molecular formula is C8H15NO2S. The van der Waals surface area contributed by atoms with E-state index in [4.69, 9.17) is 27.4 Å². The molecule has 0 aromatic rings. The second kappa shape index (κ2) is 4.16. The van der Waals surface area contributed by atoms with Crippen LogP contribution in [0.15, 0.2) is 0 Å². The van der Waals surface area contributed by atoms with Gasteiger partial charge in [0.25, 0.3) is 0 Å². The fraction of sp³-hybridized carbons (Fsp3) is 0.875. The van der Waals surface area contributed by atoms with Gasteiger partial charge in [-0.15, -0.1) is 0 Å². The third-order valence-corrected chi connectivity index (χ3v) is 2.54. The minimum Gasteiger partial charge on any atom is -0.391 e. The van der Waals surface area contributed by atoms with Crippen LogP contribution in [0.1, 0.15) is 19.8 Å². The summed E-state index contributed by atoms with van der Waals surface area (Å²) in [6.45, 7) is 3.99. The fourth-order valence-electron chi connectivity index (χ4n) is 1.44. The lowest BCUT2D eigenvalue weighted by molar-refractivity contribution is -0.0630. The summed E-state index contributed by atoms with van der Waals surface area (Å²) in [5.41, 5.74) is 5.25. The molecule has 12 heavy (non-hydrogen) atoms. The second-order valence-corrected chi connectivity index (χ2v) is 3.34. The van der Waals surface area contributed by atoms with Gasteiger partial charge in [-0.1, -0.05) is 12.2 Å². The van der Waals surface area contributed by atoms with Crippen molar-refractivity contribution < 1.29 is 9.47 Å². The molecule has 70 valence electrons. The van der Waals surface area contributed by atoms with Gasteiger partial charge in [-0.05, 0) is 6.92 Å². The minimum atomic E-state index is -0.387. The smallest absolute Gasteiger partial charge is 0.122 e. The average Bonchev–Trinajstić information content (AvgIpc) is 2.06. The first-order valence-corrected chi connectivity index (χ1v) is 4.64. The van der Waals surface area contributed by atoms with Crippen molar-refractivity contribution in [3.05, 3.63) is 0 Å². The van der Waals surface area contributed by atoms with E-state index in [0.717, 1.165) is 12.8 Å². The molecule has 0 aromatic heterocycles. The van der Waals surface area contributed by atoms with Crippen LogP contribution in [0, 0.1) is 0 Å². The first-order valence-electron chi connectivity index (χ1n) is 4.23. The van der Waals surface area contributed by atoms with E-state index in [1.54, 1.807) is 0 Å². The van der Waals surface area contributed by atoms with E-state index >= 15 is 0 Å². The normalized spacial score (nSPS) is 22.1. The van der Waals surface area contributed by atoms with Gasteiger partial charge in [0.05, 0.1) is 0 Å². The standard InChI is InChI=1S/C8H15NO2S/c1-2-11-8(7(9)12)3-5-10-6-4-8/h2-6H2,1H3,(H2,9,12). The van der Waals surface area contributed by atoms with Crippen molar-refractivity contribution in [2.45, 2.75) is 25.4 Å². The summed E-state index contributed by atoms with van der Waals surface area (Å²) in [6.07, 6.45) is 1.58. The highest BCUT2D eigenvalue weighted by atomic mass is 32.1. The highest BCUT2D eigenvalue weighted by Gasteiger charge is 2.36. The molecule has 0 amide bonds. The summed E-state index contributed by atoms with van der Waals surface area (Å²) in [5, 5.41) is 0. The van der Waals surface area contributed by atoms with Crippen LogP contribution in [0.4, 0.5) is 0 Å². The van der Waals surface area contributed by atoms with Crippen molar-refractivity contribution in [2.75, 3.05) is 19.8 Å². The number of hydrogen-bond donors (Lipinski definition) is 1. The molecule has 3 nitrogen and oxygen atoms in total. The Labute approximate surface area is 78.2 Å². The Morgan fingerprint density at radius 1 is 1.58 bits per heavy atom. The Balaban J connectivity index is 2.63. The number of ether oxygens (including phenoxy) is 2. The topological polar surface area (TPSA) is 44.5 Å². The molecule has 1 fully saturated rings. The van der Waals surface area contributed by atoms with Gasteiger partial charge in [-0.3, -0.25) is 0 Å². The molecule has 1 heterocycles. The highest BCUT2D eigenvalue weighted by molar-refractivity contribution is 7.80. The van der Waals surface area contributed by atoms with Gasteiger partial charge in [-0.2, -0.15) is 0 Å². The predicted octanol–water partition coefficient (Wildman–Crippen LogP) is 0.858. The van der Waals surface area contributed by atoms with Gasteiger partial charge in [0, 0.05) is 32.7 Å². The molecule has 0 aliphatic carbocycles. The molecule has 0 spiro atoms. The van der Waals surface area contributed by atoms with Crippen LogP contribution in [0.3, 0.4) is 0 Å². The third-order valence-electron chi connectivity index (χ3n) is 2.17. The van der Waals surface area contributed by atoms with Gasteiger partial charge in [0.1, 0.15) is 10.6 Å². The Hall–Kier alpha value is -0.190. The maximum absolute atomic E-state index is 5.64. The lowest BCUT2D eigenvalue weighted by atomic mass is 9.94. The van der Waals surface area contributed by atoms with Gasteiger partial charge >= 0.3 is 0 Å². The molecule has 0 saturated carbocycles. The molecule has 4 heteroatoms. The summed E-state index contributed by atoms with van der Waals surface area (Å²) in [5.74, 6) is 0. The third kappa shape index (κ3) is 1.94. The number of nitrogens with two attached hydrogens (primary N) is 1. The van der Waals surface area contributed by atoms with Crippen LogP contribution in [-0.4, -0.2) is 30.4 Å². The van der Waals surface area contributed by atoms with E-state index in [2.05, 4.69) is 0 Å². The molecule has 0 bridgehead atoms. The maximum atomic E-state index is 5.64. The molecular weight excluding hydrogens is 174 g/mol. The number of hydrogen-bond acceptors (Lipinski definition) is 3. The van der Waals surface area contributed by atoms with E-state index in [0.29, 0.717) is 24.8 Å². The molecule has 0 aromatic carbocycles. The van der Waals surface area contributed by atoms with Crippen LogP contribution in [0.5, 0.6) is 0 Å². The van der Waals surface area contributed by atoms with Crippen LogP contribution in [-0.2, 0) is 9.47 Å². The fourth-order valence-corrected chi connectivity index (χ4v) is 1.70. The highest BCUT2D eigenvalue weighted by Crippen LogP contribution is 2.25. The Kier molecular flexibility index (Phi) is 3.43. The van der Waals surface area contributed by atoms with Crippen LogP contribution < -0.4 is 5.73 Å². The second-order valence-electron chi connectivity index (χ2n) is 2.90. The molecule has 1 aliphatic heterocycles. The van der Waals surface area contributed by atoms with Crippen LogP contribution in [0.25, 0.3) is 0 Å². The Morgan fingerprint density at radius 3 is 2.58 bits per heavy atom. The van der Waals surface area contributed by atoms with Crippen molar-refractivity contribution in [2.24, 2.45) is 5.73 Å². The molecule has 1 saturated heterocycles. The van der Waals surface area contributed by atoms with E-state index in [-0.39, 0.29) is 5.60 Å². The quantitative estimate of drug-likeness (QED) is 0.669. The average molecular weight is 189 g/mol. The zero-order valence-corrected chi connectivity index (χ0v) is 8.15. The summed E-state index contributed by atoms with van der Waals surface area (Å²) in [6, 6.07) is 0. The predicted molar refractivity (Wildman–Crippen MR) is 51.2 cm³/mol. The van der Waals surface area contributed by atoms with Gasteiger partial charge < -0.3 is 15.2 Å². The largest absolute Gasteiger partial charge is 0.391 e. The van der Waals surface area contributed by atoms with Crippen LogP contribution in [0.2, 0.25) is 0 Å². The lowest BCUT2D eigenvalue weighted by Crippen LogP contribution is -2.49. The van der Waals surface area contributed by atoms with Crippen molar-refractivity contribution >= 4 is 17.2 Å². The monoisotopic (exact) mass is 189 g/mol.